The molecule has 0 aromatic heterocycles. The molecule has 1 aromatic rings. The smallest absolute Gasteiger partial charge is 0.241 e. The van der Waals surface area contributed by atoms with Gasteiger partial charge in [0.2, 0.25) is 5.91 Å². The molecule has 100 valence electrons. The summed E-state index contributed by atoms with van der Waals surface area (Å²) < 4.78 is 1.69. The van der Waals surface area contributed by atoms with Crippen molar-refractivity contribution in [1.29, 1.82) is 0 Å². The number of carbonyl (C=O) groups is 1. The van der Waals surface area contributed by atoms with Gasteiger partial charge in [-0.15, -0.1) is 0 Å². The van der Waals surface area contributed by atoms with E-state index in [2.05, 4.69) is 37.2 Å². The number of halogens is 2. The highest BCUT2D eigenvalue weighted by Crippen LogP contribution is 2.32. The lowest BCUT2D eigenvalue weighted by atomic mass is 10.2. The Morgan fingerprint density at radius 1 is 1.44 bits per heavy atom. The number of rotatable bonds is 5. The van der Waals surface area contributed by atoms with Gasteiger partial charge < -0.3 is 11.1 Å². The summed E-state index contributed by atoms with van der Waals surface area (Å²) in [6, 6.07) is 3.43. The molecule has 0 aliphatic heterocycles. The molecule has 0 aliphatic carbocycles. The Balaban J connectivity index is 2.76. The number of amides is 1. The molecule has 0 fully saturated rings. The summed E-state index contributed by atoms with van der Waals surface area (Å²) in [7, 11) is 0. The first-order chi connectivity index (χ1) is 8.45. The Bertz CT molecular complexity index is 417. The van der Waals surface area contributed by atoms with Crippen LogP contribution >= 0.6 is 43.6 Å². The molecule has 1 aromatic carbocycles. The van der Waals surface area contributed by atoms with Gasteiger partial charge in [0.05, 0.1) is 11.7 Å². The van der Waals surface area contributed by atoms with Crippen LogP contribution in [0.25, 0.3) is 0 Å². The van der Waals surface area contributed by atoms with Crippen molar-refractivity contribution in [3.8, 4) is 0 Å². The highest BCUT2D eigenvalue weighted by Gasteiger charge is 2.16. The lowest BCUT2D eigenvalue weighted by Crippen LogP contribution is -2.36. The van der Waals surface area contributed by atoms with Gasteiger partial charge in [-0.3, -0.25) is 4.79 Å². The van der Waals surface area contributed by atoms with Gasteiger partial charge in [0.1, 0.15) is 0 Å². The average molecular weight is 396 g/mol. The van der Waals surface area contributed by atoms with Crippen molar-refractivity contribution in [2.75, 3.05) is 17.3 Å². The van der Waals surface area contributed by atoms with E-state index in [0.29, 0.717) is 6.42 Å². The highest BCUT2D eigenvalue weighted by atomic mass is 79.9. The van der Waals surface area contributed by atoms with Gasteiger partial charge in [0, 0.05) is 8.95 Å². The number of hydrogen-bond acceptors (Lipinski definition) is 3. The molecule has 1 amide bonds. The molecule has 0 saturated carbocycles. The van der Waals surface area contributed by atoms with Gasteiger partial charge in [-0.1, -0.05) is 0 Å². The molecule has 0 bridgehead atoms. The van der Waals surface area contributed by atoms with Crippen molar-refractivity contribution in [1.82, 2.24) is 0 Å². The zero-order valence-corrected chi connectivity index (χ0v) is 14.3. The lowest BCUT2D eigenvalue weighted by molar-refractivity contribution is -0.117. The largest absolute Gasteiger partial charge is 0.323 e. The molecule has 6 heteroatoms. The standard InChI is InChI=1S/C12H16Br2N2OS/c1-7-5-8(13)11(9(14)6-7)16-12(17)10(15)3-4-18-2/h5-6,10H,3-4,15H2,1-2H3,(H,16,17)/t10-/m0/s1. The van der Waals surface area contributed by atoms with E-state index in [1.54, 1.807) is 11.8 Å². The van der Waals surface area contributed by atoms with Gasteiger partial charge in [0.25, 0.3) is 0 Å². The third-order valence-electron chi connectivity index (χ3n) is 2.40. The van der Waals surface area contributed by atoms with Crippen LogP contribution in [-0.2, 0) is 4.79 Å². The normalized spacial score (nSPS) is 12.3. The van der Waals surface area contributed by atoms with E-state index in [1.165, 1.54) is 0 Å². The molecule has 3 N–H and O–H groups in total. The van der Waals surface area contributed by atoms with Crippen LogP contribution in [0, 0.1) is 6.92 Å². The summed E-state index contributed by atoms with van der Waals surface area (Å²) in [6.07, 6.45) is 2.67. The Labute approximate surface area is 129 Å². The second-order valence-corrected chi connectivity index (χ2v) is 6.68. The van der Waals surface area contributed by atoms with E-state index < -0.39 is 6.04 Å². The maximum atomic E-state index is 11.9. The molecule has 0 spiro atoms. The highest BCUT2D eigenvalue weighted by molar-refractivity contribution is 9.11. The van der Waals surface area contributed by atoms with E-state index in [-0.39, 0.29) is 5.91 Å². The molecule has 0 saturated heterocycles. The minimum absolute atomic E-state index is 0.158. The monoisotopic (exact) mass is 394 g/mol. The number of thioether (sulfide) groups is 1. The SMILES string of the molecule is CSCC[C@H](N)C(=O)Nc1c(Br)cc(C)cc1Br. The van der Waals surface area contributed by atoms with Gasteiger partial charge >= 0.3 is 0 Å². The van der Waals surface area contributed by atoms with Crippen LogP contribution in [0.1, 0.15) is 12.0 Å². The number of nitrogens with two attached hydrogens (primary N) is 1. The van der Waals surface area contributed by atoms with E-state index in [4.69, 9.17) is 5.73 Å². The van der Waals surface area contributed by atoms with E-state index in [1.807, 2.05) is 25.3 Å². The number of nitrogens with one attached hydrogen (secondary N) is 1. The van der Waals surface area contributed by atoms with E-state index in [9.17, 15) is 4.79 Å². The number of carbonyl (C=O) groups excluding carboxylic acids is 1. The minimum atomic E-state index is -0.474. The summed E-state index contributed by atoms with van der Waals surface area (Å²) in [5.74, 6) is 0.722. The number of anilines is 1. The van der Waals surface area contributed by atoms with E-state index >= 15 is 0 Å². The molecule has 0 heterocycles. The quantitative estimate of drug-likeness (QED) is 0.801. The molecule has 0 radical (unpaired) electrons. The second-order valence-electron chi connectivity index (χ2n) is 3.98. The van der Waals surface area contributed by atoms with Crippen LogP contribution in [0.4, 0.5) is 5.69 Å². The summed E-state index contributed by atoms with van der Waals surface area (Å²) in [5, 5.41) is 2.85. The van der Waals surface area contributed by atoms with Crippen LogP contribution in [-0.4, -0.2) is 24.0 Å². The van der Waals surface area contributed by atoms with Crippen LogP contribution in [0.2, 0.25) is 0 Å². The Morgan fingerprint density at radius 2 is 2.00 bits per heavy atom. The zero-order chi connectivity index (χ0) is 13.7. The van der Waals surface area contributed by atoms with Gasteiger partial charge in [-0.05, 0) is 74.9 Å². The third kappa shape index (κ3) is 4.57. The predicted molar refractivity (Wildman–Crippen MR) is 86.2 cm³/mol. The van der Waals surface area contributed by atoms with E-state index in [0.717, 1.165) is 25.9 Å². The second kappa shape index (κ2) is 7.53. The van der Waals surface area contributed by atoms with Crippen LogP contribution < -0.4 is 11.1 Å². The zero-order valence-electron chi connectivity index (χ0n) is 10.3. The molecular formula is C12H16Br2N2OS. The summed E-state index contributed by atoms with van der Waals surface area (Å²) in [5.41, 5.74) is 7.66. The molecule has 1 atom stereocenters. The number of hydrogen-bond donors (Lipinski definition) is 2. The fourth-order valence-corrected chi connectivity index (χ4v) is 3.51. The van der Waals surface area contributed by atoms with Crippen molar-refractivity contribution in [3.63, 3.8) is 0 Å². The van der Waals surface area contributed by atoms with Crippen LogP contribution in [0.15, 0.2) is 21.1 Å². The fraction of sp³-hybridized carbons (Fsp3) is 0.417. The Morgan fingerprint density at radius 3 is 2.50 bits per heavy atom. The average Bonchev–Trinajstić information content (AvgIpc) is 2.30. The van der Waals surface area contributed by atoms with Crippen LogP contribution in [0.5, 0.6) is 0 Å². The van der Waals surface area contributed by atoms with Crippen molar-refractivity contribution in [2.45, 2.75) is 19.4 Å². The first-order valence-corrected chi connectivity index (χ1v) is 8.44. The fourth-order valence-electron chi connectivity index (χ4n) is 1.41. The van der Waals surface area contributed by atoms with Crippen LogP contribution in [0.3, 0.4) is 0 Å². The molecule has 0 unspecified atom stereocenters. The van der Waals surface area contributed by atoms with Crippen molar-refractivity contribution < 1.29 is 4.79 Å². The minimum Gasteiger partial charge on any atom is -0.323 e. The molecular weight excluding hydrogens is 380 g/mol. The van der Waals surface area contributed by atoms with Gasteiger partial charge in [0.15, 0.2) is 0 Å². The molecule has 3 nitrogen and oxygen atoms in total. The summed E-state index contributed by atoms with van der Waals surface area (Å²) >= 11 is 8.56. The Kier molecular flexibility index (Phi) is 6.70. The summed E-state index contributed by atoms with van der Waals surface area (Å²) in [6.45, 7) is 1.99. The predicted octanol–water partition coefficient (Wildman–Crippen LogP) is 3.54. The molecule has 18 heavy (non-hydrogen) atoms. The van der Waals surface area contributed by atoms with Gasteiger partial charge in [-0.25, -0.2) is 0 Å². The third-order valence-corrected chi connectivity index (χ3v) is 4.30. The first kappa shape index (κ1) is 16.0. The first-order valence-electron chi connectivity index (χ1n) is 5.46. The van der Waals surface area contributed by atoms with Crippen molar-refractivity contribution in [2.24, 2.45) is 5.73 Å². The number of aryl methyl sites for hydroxylation is 1. The van der Waals surface area contributed by atoms with Crippen molar-refractivity contribution in [3.05, 3.63) is 26.6 Å². The maximum Gasteiger partial charge on any atom is 0.241 e. The topological polar surface area (TPSA) is 55.1 Å². The molecule has 0 aliphatic rings. The lowest BCUT2D eigenvalue weighted by Gasteiger charge is -2.14. The molecule has 1 rings (SSSR count). The Hall–Kier alpha value is -0.0400. The summed E-state index contributed by atoms with van der Waals surface area (Å²) in [4.78, 5) is 11.9. The van der Waals surface area contributed by atoms with Gasteiger partial charge in [-0.2, -0.15) is 11.8 Å². The number of benzene rings is 1. The maximum absolute atomic E-state index is 11.9. The van der Waals surface area contributed by atoms with Crippen molar-refractivity contribution >= 4 is 55.2 Å².